The van der Waals surface area contributed by atoms with Crippen LogP contribution in [0.1, 0.15) is 61.1 Å². The van der Waals surface area contributed by atoms with Crippen molar-refractivity contribution in [3.05, 3.63) is 101 Å². The number of hydrogen-bond acceptors (Lipinski definition) is 3. The average Bonchev–Trinajstić information content (AvgIpc) is 2.87. The third-order valence-electron chi connectivity index (χ3n) is 6.82. The van der Waals surface area contributed by atoms with Crippen LogP contribution in [0.5, 0.6) is 0 Å². The van der Waals surface area contributed by atoms with Gasteiger partial charge in [-0.25, -0.2) is 4.39 Å². The van der Waals surface area contributed by atoms with Gasteiger partial charge in [-0.2, -0.15) is 0 Å². The Kier molecular flexibility index (Phi) is 7.60. The van der Waals surface area contributed by atoms with E-state index >= 15 is 0 Å². The maximum Gasteiger partial charge on any atom is 0.123 e. The van der Waals surface area contributed by atoms with E-state index in [0.717, 1.165) is 58.5 Å². The van der Waals surface area contributed by atoms with Gasteiger partial charge >= 0.3 is 0 Å². The van der Waals surface area contributed by atoms with Gasteiger partial charge in [0, 0.05) is 41.5 Å². The highest BCUT2D eigenvalue weighted by atomic mass is 19.1. The van der Waals surface area contributed by atoms with Crippen LogP contribution in [-0.2, 0) is 6.42 Å². The van der Waals surface area contributed by atoms with Crippen LogP contribution >= 0.6 is 0 Å². The third kappa shape index (κ3) is 5.43. The average molecular weight is 468 g/mol. The summed E-state index contributed by atoms with van der Waals surface area (Å²) < 4.78 is 13.5. The SMILES string of the molecule is C/C=C(\NCCc1cc(C(C)CC)c(C)c(-c2ccc(F)cc2)n1)c1cc(C)c2ncccc2c1. The molecule has 2 aromatic carbocycles. The molecule has 0 fully saturated rings. The van der Waals surface area contributed by atoms with Gasteiger partial charge in [-0.3, -0.25) is 9.97 Å². The van der Waals surface area contributed by atoms with E-state index in [2.05, 4.69) is 75.3 Å². The lowest BCUT2D eigenvalue weighted by atomic mass is 9.91. The molecule has 2 heterocycles. The zero-order valence-corrected chi connectivity index (χ0v) is 21.3. The zero-order chi connectivity index (χ0) is 24.9. The quantitative estimate of drug-likeness (QED) is 0.288. The molecule has 1 N–H and O–H groups in total. The Morgan fingerprint density at radius 3 is 2.57 bits per heavy atom. The molecule has 0 saturated heterocycles. The lowest BCUT2D eigenvalue weighted by molar-refractivity contribution is 0.628. The van der Waals surface area contributed by atoms with Gasteiger partial charge in [-0.1, -0.05) is 26.0 Å². The van der Waals surface area contributed by atoms with Crippen LogP contribution in [0, 0.1) is 19.7 Å². The first-order valence-corrected chi connectivity index (χ1v) is 12.4. The van der Waals surface area contributed by atoms with Crippen molar-refractivity contribution in [1.82, 2.24) is 15.3 Å². The molecule has 3 nitrogen and oxygen atoms in total. The fraction of sp³-hybridized carbons (Fsp3) is 0.290. The second kappa shape index (κ2) is 10.8. The van der Waals surface area contributed by atoms with E-state index in [-0.39, 0.29) is 5.82 Å². The largest absolute Gasteiger partial charge is 0.384 e. The Morgan fingerprint density at radius 1 is 1.09 bits per heavy atom. The van der Waals surface area contributed by atoms with Gasteiger partial charge in [0.25, 0.3) is 0 Å². The van der Waals surface area contributed by atoms with Gasteiger partial charge in [0.05, 0.1) is 11.2 Å². The lowest BCUT2D eigenvalue weighted by Crippen LogP contribution is -2.17. The molecule has 0 radical (unpaired) electrons. The van der Waals surface area contributed by atoms with Crippen LogP contribution in [-0.4, -0.2) is 16.5 Å². The van der Waals surface area contributed by atoms with Crippen LogP contribution in [0.15, 0.2) is 66.9 Å². The number of nitrogens with zero attached hydrogens (tertiary/aromatic N) is 2. The summed E-state index contributed by atoms with van der Waals surface area (Å²) >= 11 is 0. The summed E-state index contributed by atoms with van der Waals surface area (Å²) in [5.74, 6) is 0.205. The summed E-state index contributed by atoms with van der Waals surface area (Å²) in [6.45, 7) is 11.5. The zero-order valence-electron chi connectivity index (χ0n) is 21.3. The second-order valence-electron chi connectivity index (χ2n) is 9.24. The van der Waals surface area contributed by atoms with Gasteiger partial charge in [0.2, 0.25) is 0 Å². The van der Waals surface area contributed by atoms with Crippen molar-refractivity contribution in [1.29, 1.82) is 0 Å². The number of allylic oxidation sites excluding steroid dienone is 1. The molecule has 1 unspecified atom stereocenters. The monoisotopic (exact) mass is 467 g/mol. The lowest BCUT2D eigenvalue weighted by Gasteiger charge is -2.19. The molecule has 4 rings (SSSR count). The van der Waals surface area contributed by atoms with Crippen molar-refractivity contribution in [2.45, 2.75) is 53.4 Å². The molecule has 0 aliphatic carbocycles. The summed E-state index contributed by atoms with van der Waals surface area (Å²) in [7, 11) is 0. The van der Waals surface area contributed by atoms with Crippen molar-refractivity contribution in [3.8, 4) is 11.3 Å². The maximum atomic E-state index is 13.5. The number of hydrogen-bond donors (Lipinski definition) is 1. The van der Waals surface area contributed by atoms with Crippen molar-refractivity contribution in [2.24, 2.45) is 0 Å². The fourth-order valence-electron chi connectivity index (χ4n) is 4.66. The van der Waals surface area contributed by atoms with E-state index in [0.29, 0.717) is 5.92 Å². The molecule has 0 spiro atoms. The Morgan fingerprint density at radius 2 is 1.86 bits per heavy atom. The molecule has 0 bridgehead atoms. The van der Waals surface area contributed by atoms with Crippen LogP contribution in [0.3, 0.4) is 0 Å². The molecule has 0 saturated carbocycles. The Balaban J connectivity index is 1.58. The molecule has 0 aliphatic heterocycles. The van der Waals surface area contributed by atoms with Crippen LogP contribution in [0.2, 0.25) is 0 Å². The van der Waals surface area contributed by atoms with Gasteiger partial charge in [-0.05, 0) is 104 Å². The minimum absolute atomic E-state index is 0.229. The molecule has 4 heteroatoms. The molecular formula is C31H34FN3. The first kappa shape index (κ1) is 24.6. The Bertz CT molecular complexity index is 1360. The second-order valence-corrected chi connectivity index (χ2v) is 9.24. The van der Waals surface area contributed by atoms with E-state index in [1.165, 1.54) is 28.8 Å². The number of aromatic nitrogens is 2. The van der Waals surface area contributed by atoms with Crippen LogP contribution in [0.4, 0.5) is 4.39 Å². The highest BCUT2D eigenvalue weighted by Crippen LogP contribution is 2.31. The fourth-order valence-corrected chi connectivity index (χ4v) is 4.66. The molecule has 4 aromatic rings. The predicted octanol–water partition coefficient (Wildman–Crippen LogP) is 7.76. The summed E-state index contributed by atoms with van der Waals surface area (Å²) in [5, 5.41) is 4.77. The van der Waals surface area contributed by atoms with E-state index in [9.17, 15) is 4.39 Å². The minimum Gasteiger partial charge on any atom is -0.384 e. The van der Waals surface area contributed by atoms with Crippen LogP contribution < -0.4 is 5.32 Å². The molecular weight excluding hydrogens is 433 g/mol. The number of nitrogens with one attached hydrogen (secondary N) is 1. The molecule has 1 atom stereocenters. The first-order valence-electron chi connectivity index (χ1n) is 12.4. The highest BCUT2D eigenvalue weighted by Gasteiger charge is 2.15. The topological polar surface area (TPSA) is 37.8 Å². The van der Waals surface area contributed by atoms with Gasteiger partial charge in [0.1, 0.15) is 5.82 Å². The van der Waals surface area contributed by atoms with Crippen molar-refractivity contribution in [3.63, 3.8) is 0 Å². The number of benzene rings is 2. The van der Waals surface area contributed by atoms with Gasteiger partial charge < -0.3 is 5.32 Å². The normalized spacial score (nSPS) is 12.7. The number of pyridine rings is 2. The number of rotatable bonds is 8. The minimum atomic E-state index is -0.229. The highest BCUT2D eigenvalue weighted by molar-refractivity contribution is 5.85. The molecule has 0 aliphatic rings. The smallest absolute Gasteiger partial charge is 0.123 e. The van der Waals surface area contributed by atoms with E-state index in [4.69, 9.17) is 4.98 Å². The van der Waals surface area contributed by atoms with Crippen molar-refractivity contribution < 1.29 is 4.39 Å². The van der Waals surface area contributed by atoms with Crippen LogP contribution in [0.25, 0.3) is 27.9 Å². The molecule has 0 amide bonds. The van der Waals surface area contributed by atoms with Crippen molar-refractivity contribution in [2.75, 3.05) is 6.54 Å². The van der Waals surface area contributed by atoms with Crippen molar-refractivity contribution >= 4 is 16.6 Å². The molecule has 2 aromatic heterocycles. The number of halogens is 1. The van der Waals surface area contributed by atoms with E-state index in [1.54, 1.807) is 0 Å². The third-order valence-corrected chi connectivity index (χ3v) is 6.82. The number of fused-ring (bicyclic) bond motifs is 1. The maximum absolute atomic E-state index is 13.5. The predicted molar refractivity (Wildman–Crippen MR) is 145 cm³/mol. The Hall–Kier alpha value is -3.53. The van der Waals surface area contributed by atoms with Gasteiger partial charge in [0.15, 0.2) is 0 Å². The first-order chi connectivity index (χ1) is 16.9. The van der Waals surface area contributed by atoms with E-state index < -0.39 is 0 Å². The van der Waals surface area contributed by atoms with Gasteiger partial charge in [-0.15, -0.1) is 0 Å². The molecule has 35 heavy (non-hydrogen) atoms. The van der Waals surface area contributed by atoms with E-state index in [1.807, 2.05) is 24.4 Å². The summed E-state index contributed by atoms with van der Waals surface area (Å²) in [6.07, 6.45) is 5.81. The standard InChI is InChI=1S/C31H34FN3/c1-6-20(3)28-19-27(35-31(22(28)5)23-10-12-26(32)13-11-23)14-16-33-29(7-2)25-17-21(4)30-24(18-25)9-8-15-34-30/h7-13,15,17-20,33H,6,14,16H2,1-5H3/b29-7-. The Labute approximate surface area is 208 Å². The summed E-state index contributed by atoms with van der Waals surface area (Å²) in [5.41, 5.74) is 9.92. The molecule has 180 valence electrons. The summed E-state index contributed by atoms with van der Waals surface area (Å²) in [4.78, 5) is 9.52. The number of aryl methyl sites for hydroxylation is 1. The summed E-state index contributed by atoms with van der Waals surface area (Å²) in [6, 6.07) is 17.4.